The van der Waals surface area contributed by atoms with Crippen molar-refractivity contribution in [3.63, 3.8) is 0 Å². The first-order valence-corrected chi connectivity index (χ1v) is 9.45. The third-order valence-corrected chi connectivity index (χ3v) is 5.80. The Labute approximate surface area is 154 Å². The summed E-state index contributed by atoms with van der Waals surface area (Å²) in [5, 5.41) is 0. The molecule has 2 aromatic rings. The van der Waals surface area contributed by atoms with Crippen molar-refractivity contribution in [1.82, 2.24) is 25.3 Å². The Morgan fingerprint density at radius 2 is 2.08 bits per heavy atom. The number of piperidine rings is 1. The maximum Gasteiger partial charge on any atom is 0.289 e. The van der Waals surface area contributed by atoms with Crippen molar-refractivity contribution < 1.29 is 4.79 Å². The van der Waals surface area contributed by atoms with Crippen molar-refractivity contribution in [2.24, 2.45) is 13.0 Å². The lowest BCUT2D eigenvalue weighted by molar-refractivity contribution is 0.0628. The number of amides is 1. The monoisotopic (exact) mass is 353 g/mol. The van der Waals surface area contributed by atoms with E-state index < -0.39 is 0 Å². The van der Waals surface area contributed by atoms with Gasteiger partial charge in [0.1, 0.15) is 0 Å². The molecule has 2 aliphatic rings. The highest BCUT2D eigenvalue weighted by atomic mass is 16.2. The summed E-state index contributed by atoms with van der Waals surface area (Å²) in [4.78, 5) is 19.0. The molecular formula is C20H27N5O. The molecule has 3 atom stereocenters. The first kappa shape index (κ1) is 17.2. The third-order valence-electron chi connectivity index (χ3n) is 5.80. The molecule has 0 aliphatic carbocycles. The fourth-order valence-electron chi connectivity index (χ4n) is 4.30. The van der Waals surface area contributed by atoms with E-state index in [2.05, 4.69) is 47.0 Å². The van der Waals surface area contributed by atoms with Gasteiger partial charge in [0.05, 0.1) is 0 Å². The predicted molar refractivity (Wildman–Crippen MR) is 101 cm³/mol. The summed E-state index contributed by atoms with van der Waals surface area (Å²) in [7, 11) is 1.87. The van der Waals surface area contributed by atoms with E-state index in [1.165, 1.54) is 11.1 Å². The molecule has 1 aromatic carbocycles. The molecule has 6 nitrogen and oxygen atoms in total. The van der Waals surface area contributed by atoms with Crippen LogP contribution in [-0.2, 0) is 7.05 Å². The van der Waals surface area contributed by atoms with E-state index in [9.17, 15) is 4.79 Å². The van der Waals surface area contributed by atoms with Crippen LogP contribution in [0.3, 0.4) is 0 Å². The Hall–Kier alpha value is -2.18. The zero-order valence-electron chi connectivity index (χ0n) is 15.5. The van der Waals surface area contributed by atoms with Gasteiger partial charge in [-0.2, -0.15) is 0 Å². The molecule has 0 saturated carbocycles. The van der Waals surface area contributed by atoms with Crippen LogP contribution in [0, 0.1) is 12.8 Å². The van der Waals surface area contributed by atoms with Crippen LogP contribution in [-0.4, -0.2) is 46.0 Å². The maximum absolute atomic E-state index is 12.8. The molecule has 2 aliphatic heterocycles. The lowest BCUT2D eigenvalue weighted by atomic mass is 9.81. The van der Waals surface area contributed by atoms with Gasteiger partial charge in [0.15, 0.2) is 5.82 Å². The summed E-state index contributed by atoms with van der Waals surface area (Å²) in [6.07, 6.45) is 5.70. The number of benzene rings is 1. The van der Waals surface area contributed by atoms with Crippen LogP contribution in [0.25, 0.3) is 0 Å². The highest BCUT2D eigenvalue weighted by Crippen LogP contribution is 2.32. The Morgan fingerprint density at radius 1 is 1.27 bits per heavy atom. The molecule has 1 aromatic heterocycles. The molecule has 1 amide bonds. The number of aryl methyl sites for hydroxylation is 2. The van der Waals surface area contributed by atoms with E-state index in [1.54, 1.807) is 10.8 Å². The van der Waals surface area contributed by atoms with Gasteiger partial charge in [-0.05, 0) is 31.2 Å². The van der Waals surface area contributed by atoms with Crippen molar-refractivity contribution in [1.29, 1.82) is 0 Å². The minimum absolute atomic E-state index is 0.0417. The summed E-state index contributed by atoms with van der Waals surface area (Å²) in [5.41, 5.74) is 9.48. The molecule has 138 valence electrons. The Bertz CT molecular complexity index is 769. The summed E-state index contributed by atoms with van der Waals surface area (Å²) < 4.78 is 1.80. The third kappa shape index (κ3) is 3.27. The molecule has 3 heterocycles. The largest absolute Gasteiger partial charge is 0.336 e. The van der Waals surface area contributed by atoms with Crippen LogP contribution in [0.4, 0.5) is 0 Å². The van der Waals surface area contributed by atoms with E-state index in [1.807, 2.05) is 18.1 Å². The minimum Gasteiger partial charge on any atom is -0.336 e. The number of likely N-dealkylation sites (tertiary alicyclic amines) is 1. The fraction of sp³-hybridized carbons (Fsp3) is 0.500. The van der Waals surface area contributed by atoms with Gasteiger partial charge in [-0.1, -0.05) is 29.8 Å². The summed E-state index contributed by atoms with van der Waals surface area (Å²) in [6.45, 7) is 4.65. The predicted octanol–water partition coefficient (Wildman–Crippen LogP) is 1.84. The van der Waals surface area contributed by atoms with E-state index in [-0.39, 0.29) is 5.91 Å². The van der Waals surface area contributed by atoms with Gasteiger partial charge in [0.25, 0.3) is 5.91 Å². The van der Waals surface area contributed by atoms with Gasteiger partial charge in [-0.25, -0.2) is 4.98 Å². The molecule has 0 bridgehead atoms. The number of hydrazine groups is 1. The number of nitrogens with zero attached hydrogens (tertiary/aromatic N) is 3. The van der Waals surface area contributed by atoms with Gasteiger partial charge in [0.2, 0.25) is 0 Å². The molecule has 2 N–H and O–H groups in total. The second kappa shape index (κ2) is 7.21. The van der Waals surface area contributed by atoms with Crippen molar-refractivity contribution in [2.45, 2.75) is 31.7 Å². The average Bonchev–Trinajstić information content (AvgIpc) is 3.31. The quantitative estimate of drug-likeness (QED) is 0.884. The summed E-state index contributed by atoms with van der Waals surface area (Å²) in [5.74, 6) is 1.44. The SMILES string of the molecule is Cc1ccc(C2CNNC2C2CCCN(C(=O)c3nccn3C)C2)cc1. The number of carbonyl (C=O) groups excluding carboxylic acids is 1. The molecule has 2 fully saturated rings. The lowest BCUT2D eigenvalue weighted by Gasteiger charge is -2.37. The van der Waals surface area contributed by atoms with Crippen LogP contribution in [0.2, 0.25) is 0 Å². The van der Waals surface area contributed by atoms with Gasteiger partial charge >= 0.3 is 0 Å². The van der Waals surface area contributed by atoms with Crippen molar-refractivity contribution >= 4 is 5.91 Å². The van der Waals surface area contributed by atoms with E-state index in [4.69, 9.17) is 0 Å². The van der Waals surface area contributed by atoms with E-state index >= 15 is 0 Å². The van der Waals surface area contributed by atoms with E-state index in [0.29, 0.717) is 23.7 Å². The Balaban J connectivity index is 1.49. The number of carbonyl (C=O) groups is 1. The number of aromatic nitrogens is 2. The molecule has 0 radical (unpaired) electrons. The first-order chi connectivity index (χ1) is 12.6. The Morgan fingerprint density at radius 3 is 2.81 bits per heavy atom. The smallest absolute Gasteiger partial charge is 0.289 e. The zero-order valence-corrected chi connectivity index (χ0v) is 15.5. The molecule has 6 heteroatoms. The van der Waals surface area contributed by atoms with Crippen LogP contribution >= 0.6 is 0 Å². The zero-order chi connectivity index (χ0) is 18.1. The molecule has 4 rings (SSSR count). The standard InChI is InChI=1S/C20H27N5O/c1-14-5-7-15(8-6-14)17-12-22-23-18(17)16-4-3-10-25(13-16)20(26)19-21-9-11-24(19)2/h5-9,11,16-18,22-23H,3-4,10,12-13H2,1-2H3. The first-order valence-electron chi connectivity index (χ1n) is 9.45. The minimum atomic E-state index is 0.0417. The number of hydrogen-bond donors (Lipinski definition) is 2. The molecule has 3 unspecified atom stereocenters. The van der Waals surface area contributed by atoms with Crippen LogP contribution in [0.5, 0.6) is 0 Å². The van der Waals surface area contributed by atoms with Crippen LogP contribution in [0.15, 0.2) is 36.7 Å². The van der Waals surface area contributed by atoms with Gasteiger partial charge < -0.3 is 9.47 Å². The molecule has 26 heavy (non-hydrogen) atoms. The summed E-state index contributed by atoms with van der Waals surface area (Å²) in [6, 6.07) is 9.18. The van der Waals surface area contributed by atoms with Crippen LogP contribution < -0.4 is 10.9 Å². The molecule has 0 spiro atoms. The second-order valence-corrected chi connectivity index (χ2v) is 7.58. The van der Waals surface area contributed by atoms with Gasteiger partial charge in [0, 0.05) is 51.0 Å². The van der Waals surface area contributed by atoms with Crippen molar-refractivity contribution in [3.8, 4) is 0 Å². The van der Waals surface area contributed by atoms with Crippen molar-refractivity contribution in [3.05, 3.63) is 53.6 Å². The number of rotatable bonds is 3. The lowest BCUT2D eigenvalue weighted by Crippen LogP contribution is -2.48. The van der Waals surface area contributed by atoms with Gasteiger partial charge in [-0.3, -0.25) is 15.6 Å². The number of hydrogen-bond acceptors (Lipinski definition) is 4. The number of imidazole rings is 1. The fourth-order valence-corrected chi connectivity index (χ4v) is 4.30. The maximum atomic E-state index is 12.8. The highest BCUT2D eigenvalue weighted by molar-refractivity contribution is 5.90. The second-order valence-electron chi connectivity index (χ2n) is 7.58. The van der Waals surface area contributed by atoms with Crippen molar-refractivity contribution in [2.75, 3.05) is 19.6 Å². The van der Waals surface area contributed by atoms with E-state index in [0.717, 1.165) is 32.5 Å². The molecular weight excluding hydrogens is 326 g/mol. The van der Waals surface area contributed by atoms with Crippen LogP contribution in [0.1, 0.15) is 40.5 Å². The normalized spacial score (nSPS) is 26.2. The highest BCUT2D eigenvalue weighted by Gasteiger charge is 2.38. The van der Waals surface area contributed by atoms with Gasteiger partial charge in [-0.15, -0.1) is 0 Å². The summed E-state index contributed by atoms with van der Waals surface area (Å²) >= 11 is 0. The Kier molecular flexibility index (Phi) is 4.78. The number of nitrogens with one attached hydrogen (secondary N) is 2. The topological polar surface area (TPSA) is 62.2 Å². The average molecular weight is 353 g/mol. The molecule has 2 saturated heterocycles.